The van der Waals surface area contributed by atoms with Crippen LogP contribution in [0.4, 0.5) is 0 Å². The molecule has 0 aromatic carbocycles. The van der Waals surface area contributed by atoms with Crippen LogP contribution in [0, 0.1) is 12.8 Å². The predicted molar refractivity (Wildman–Crippen MR) is 125 cm³/mol. The number of furan rings is 1. The summed E-state index contributed by atoms with van der Waals surface area (Å²) in [6.45, 7) is 4.30. The molecule has 0 spiro atoms. The number of likely N-dealkylation sites (tertiary alicyclic amines) is 1. The first-order valence-corrected chi connectivity index (χ1v) is 11.7. The van der Waals surface area contributed by atoms with E-state index in [1.807, 2.05) is 10.6 Å². The Balaban J connectivity index is 1.44. The first-order valence-electron chi connectivity index (χ1n) is 11.7. The van der Waals surface area contributed by atoms with Crippen LogP contribution in [0.5, 0.6) is 5.75 Å². The number of aryl methyl sites for hydroxylation is 1. The van der Waals surface area contributed by atoms with Gasteiger partial charge in [0.1, 0.15) is 17.3 Å². The van der Waals surface area contributed by atoms with E-state index in [4.69, 9.17) is 13.6 Å². The summed E-state index contributed by atoms with van der Waals surface area (Å²) < 4.78 is 18.5. The van der Waals surface area contributed by atoms with Crippen LogP contribution in [0.3, 0.4) is 0 Å². The highest BCUT2D eigenvalue weighted by Crippen LogP contribution is 2.37. The molecule has 0 amide bonds. The summed E-state index contributed by atoms with van der Waals surface area (Å²) in [5, 5.41) is 10.6. The molecule has 9 nitrogen and oxygen atoms in total. The normalized spacial score (nSPS) is 20.3. The number of carbonyl (C=O) groups is 1. The maximum absolute atomic E-state index is 12.7. The van der Waals surface area contributed by atoms with Crippen molar-refractivity contribution in [1.82, 2.24) is 9.47 Å². The van der Waals surface area contributed by atoms with Crippen LogP contribution in [-0.2, 0) is 22.6 Å². The van der Waals surface area contributed by atoms with Gasteiger partial charge in [0.05, 0.1) is 26.0 Å². The van der Waals surface area contributed by atoms with E-state index in [-0.39, 0.29) is 23.7 Å². The number of esters is 1. The molecule has 5 rings (SSSR count). The van der Waals surface area contributed by atoms with E-state index in [0.29, 0.717) is 36.3 Å². The minimum atomic E-state index is -0.803. The predicted octanol–water partition coefficient (Wildman–Crippen LogP) is 2.72. The number of pyridine rings is 1. The molecule has 5 heterocycles. The zero-order chi connectivity index (χ0) is 24.7. The van der Waals surface area contributed by atoms with Gasteiger partial charge in [0.2, 0.25) is 11.2 Å². The van der Waals surface area contributed by atoms with E-state index in [2.05, 4.69) is 4.90 Å². The summed E-state index contributed by atoms with van der Waals surface area (Å²) >= 11 is 0. The number of nitrogens with zero attached hydrogens (tertiary/aromatic N) is 2. The molecule has 0 unspecified atom stereocenters. The fraction of sp³-hybridized carbons (Fsp3) is 0.423. The smallest absolute Gasteiger partial charge is 0.306 e. The van der Waals surface area contributed by atoms with Gasteiger partial charge in [-0.1, -0.05) is 6.07 Å². The molecular formula is C26H28N2O7. The molecule has 9 heteroatoms. The van der Waals surface area contributed by atoms with E-state index in [0.717, 1.165) is 25.2 Å². The van der Waals surface area contributed by atoms with E-state index in [9.17, 15) is 19.5 Å². The number of rotatable bonds is 6. The number of aromatic nitrogens is 1. The summed E-state index contributed by atoms with van der Waals surface area (Å²) in [6.07, 6.45) is 0.868. The van der Waals surface area contributed by atoms with Crippen molar-refractivity contribution in [2.75, 3.05) is 20.2 Å². The molecule has 1 saturated heterocycles. The van der Waals surface area contributed by atoms with Crippen LogP contribution in [0.1, 0.15) is 53.4 Å². The average Bonchev–Trinajstić information content (AvgIpc) is 3.26. The first-order chi connectivity index (χ1) is 16.8. The maximum atomic E-state index is 12.7. The van der Waals surface area contributed by atoms with Gasteiger partial charge < -0.3 is 23.2 Å². The highest BCUT2D eigenvalue weighted by Gasteiger charge is 2.35. The molecule has 1 N–H and O–H groups in total. The molecule has 3 aromatic heterocycles. The Bertz CT molecular complexity index is 1370. The largest absolute Gasteiger partial charge is 0.502 e. The Hall–Kier alpha value is -3.59. The molecule has 0 aliphatic carbocycles. The third-order valence-corrected chi connectivity index (χ3v) is 6.95. The van der Waals surface area contributed by atoms with Gasteiger partial charge in [-0.15, -0.1) is 0 Å². The van der Waals surface area contributed by atoms with Gasteiger partial charge >= 0.3 is 5.97 Å². The van der Waals surface area contributed by atoms with Crippen LogP contribution < -0.4 is 11.0 Å². The van der Waals surface area contributed by atoms with E-state index < -0.39 is 23.1 Å². The fourth-order valence-corrected chi connectivity index (χ4v) is 5.43. The third kappa shape index (κ3) is 4.55. The molecule has 3 atom stereocenters. The van der Waals surface area contributed by atoms with Crippen molar-refractivity contribution in [1.29, 1.82) is 0 Å². The summed E-state index contributed by atoms with van der Waals surface area (Å²) in [7, 11) is 1.28. The highest BCUT2D eigenvalue weighted by molar-refractivity contribution is 5.71. The number of fused-ring (bicyclic) bond motifs is 4. The molecule has 2 aliphatic rings. The molecule has 3 aromatic rings. The summed E-state index contributed by atoms with van der Waals surface area (Å²) in [4.78, 5) is 39.3. The molecule has 2 aliphatic heterocycles. The van der Waals surface area contributed by atoms with Crippen molar-refractivity contribution >= 4 is 5.97 Å². The Labute approximate surface area is 201 Å². The molecule has 184 valence electrons. The lowest BCUT2D eigenvalue weighted by Crippen LogP contribution is -2.46. The minimum absolute atomic E-state index is 0.0126. The number of piperidine rings is 1. The summed E-state index contributed by atoms with van der Waals surface area (Å²) in [5.41, 5.74) is 0.496. The number of aromatic hydroxyl groups is 1. The fourth-order valence-electron chi connectivity index (χ4n) is 5.43. The topological polar surface area (TPSA) is 115 Å². The molecule has 1 fully saturated rings. The van der Waals surface area contributed by atoms with Crippen LogP contribution in [-0.4, -0.2) is 40.7 Å². The van der Waals surface area contributed by atoms with Gasteiger partial charge in [-0.05, 0) is 37.5 Å². The van der Waals surface area contributed by atoms with Crippen molar-refractivity contribution in [2.24, 2.45) is 5.92 Å². The van der Waals surface area contributed by atoms with Gasteiger partial charge in [0.15, 0.2) is 5.76 Å². The number of ether oxygens (including phenoxy) is 1. The van der Waals surface area contributed by atoms with Crippen molar-refractivity contribution in [2.45, 2.75) is 44.7 Å². The standard InChI is InChI=1S/C26H28N2O7/c1-15-6-7-22(34-15)19(10-24(31)33-2)26-25(32)21(29)9-18(35-26)14-27-11-16-8-17(13-27)20-4-3-5-23(30)28(20)12-16/h3-7,9,16-17,19,32H,8,10-14H2,1-2H3/t16-,17+,19-/m0/s1. The zero-order valence-electron chi connectivity index (χ0n) is 19.7. The van der Waals surface area contributed by atoms with E-state index in [1.54, 1.807) is 31.2 Å². The van der Waals surface area contributed by atoms with E-state index in [1.165, 1.54) is 13.2 Å². The van der Waals surface area contributed by atoms with Crippen LogP contribution in [0.25, 0.3) is 0 Å². The lowest BCUT2D eigenvalue weighted by molar-refractivity contribution is -0.141. The molecule has 35 heavy (non-hydrogen) atoms. The SMILES string of the molecule is COC(=O)C[C@@H](c1ccc(C)o1)c1oc(CN2C[C@@H]3C[C@H](C2)c2cccc(=O)n2C3)cc(=O)c1O. The summed E-state index contributed by atoms with van der Waals surface area (Å²) in [6, 6.07) is 10.1. The van der Waals surface area contributed by atoms with Crippen molar-refractivity contribution in [3.05, 3.63) is 85.7 Å². The monoisotopic (exact) mass is 480 g/mol. The second kappa shape index (κ2) is 9.22. The first kappa shape index (κ1) is 23.2. The number of carbonyl (C=O) groups excluding carboxylic acids is 1. The van der Waals surface area contributed by atoms with Gasteiger partial charge in [0.25, 0.3) is 5.56 Å². The van der Waals surface area contributed by atoms with E-state index >= 15 is 0 Å². The second-order valence-corrected chi connectivity index (χ2v) is 9.46. The maximum Gasteiger partial charge on any atom is 0.306 e. The molecule has 0 radical (unpaired) electrons. The van der Waals surface area contributed by atoms with Gasteiger partial charge in [-0.25, -0.2) is 0 Å². The molecular weight excluding hydrogens is 452 g/mol. The number of hydrogen-bond acceptors (Lipinski definition) is 8. The highest BCUT2D eigenvalue weighted by atomic mass is 16.5. The van der Waals surface area contributed by atoms with Crippen molar-refractivity contribution in [3.8, 4) is 5.75 Å². The molecule has 2 bridgehead atoms. The Kier molecular flexibility index (Phi) is 6.10. The lowest BCUT2D eigenvalue weighted by Gasteiger charge is -2.42. The zero-order valence-corrected chi connectivity index (χ0v) is 19.7. The second-order valence-electron chi connectivity index (χ2n) is 9.46. The Morgan fingerprint density at radius 2 is 2.00 bits per heavy atom. The van der Waals surface area contributed by atoms with Crippen molar-refractivity contribution < 1.29 is 23.5 Å². The lowest BCUT2D eigenvalue weighted by atomic mass is 9.83. The third-order valence-electron chi connectivity index (χ3n) is 6.95. The Morgan fingerprint density at radius 3 is 2.74 bits per heavy atom. The quantitative estimate of drug-likeness (QED) is 0.536. The average molecular weight is 481 g/mol. The van der Waals surface area contributed by atoms with Gasteiger partial charge in [-0.3, -0.25) is 19.3 Å². The van der Waals surface area contributed by atoms with Crippen LogP contribution in [0.2, 0.25) is 0 Å². The van der Waals surface area contributed by atoms with Crippen molar-refractivity contribution in [3.63, 3.8) is 0 Å². The van der Waals surface area contributed by atoms with Crippen LogP contribution in [0.15, 0.2) is 54.8 Å². The molecule has 0 saturated carbocycles. The van der Waals surface area contributed by atoms with Gasteiger partial charge in [0, 0.05) is 43.4 Å². The van der Waals surface area contributed by atoms with Gasteiger partial charge in [-0.2, -0.15) is 0 Å². The number of hydrogen-bond donors (Lipinski definition) is 1. The minimum Gasteiger partial charge on any atom is -0.502 e. The van der Waals surface area contributed by atoms with Crippen LogP contribution >= 0.6 is 0 Å². The summed E-state index contributed by atoms with van der Waals surface area (Å²) in [5.74, 6) is 0.0941. The Morgan fingerprint density at radius 1 is 1.17 bits per heavy atom. The number of methoxy groups -OCH3 is 1.